The van der Waals surface area contributed by atoms with E-state index in [0.29, 0.717) is 19.5 Å². The van der Waals surface area contributed by atoms with E-state index in [9.17, 15) is 4.79 Å². The zero-order valence-electron chi connectivity index (χ0n) is 16.7. The Morgan fingerprint density at radius 1 is 0.964 bits per heavy atom. The van der Waals surface area contributed by atoms with E-state index in [0.717, 1.165) is 13.1 Å². The van der Waals surface area contributed by atoms with Gasteiger partial charge in [0.25, 0.3) is 0 Å². The number of aryl methyl sites for hydroxylation is 1. The zero-order chi connectivity index (χ0) is 19.3. The van der Waals surface area contributed by atoms with Crippen molar-refractivity contribution >= 4 is 22.5 Å². The predicted molar refractivity (Wildman–Crippen MR) is 116 cm³/mol. The molecule has 1 aliphatic rings. The quantitative estimate of drug-likeness (QED) is 0.626. The van der Waals surface area contributed by atoms with E-state index >= 15 is 0 Å². The maximum absolute atomic E-state index is 12.8. The topological polar surface area (TPSA) is 28.5 Å². The number of hydrogen-bond donors (Lipinski definition) is 0. The number of fused-ring (bicyclic) bond motifs is 1. The molecule has 1 fully saturated rings. The minimum atomic E-state index is 0.186. The highest BCUT2D eigenvalue weighted by Gasteiger charge is 2.17. The number of anilines is 1. The van der Waals surface area contributed by atoms with E-state index in [1.165, 1.54) is 41.4 Å². The van der Waals surface area contributed by atoms with E-state index < -0.39 is 0 Å². The van der Waals surface area contributed by atoms with Crippen molar-refractivity contribution in [3.63, 3.8) is 0 Å². The Morgan fingerprint density at radius 3 is 2.57 bits per heavy atom. The van der Waals surface area contributed by atoms with Crippen molar-refractivity contribution < 1.29 is 4.79 Å². The first-order valence-corrected chi connectivity index (χ1v) is 10.3. The van der Waals surface area contributed by atoms with Gasteiger partial charge >= 0.3 is 0 Å². The summed E-state index contributed by atoms with van der Waals surface area (Å²) >= 11 is 0. The van der Waals surface area contributed by atoms with Crippen molar-refractivity contribution in [2.45, 2.75) is 38.8 Å². The van der Waals surface area contributed by atoms with Gasteiger partial charge in [-0.3, -0.25) is 4.79 Å². The van der Waals surface area contributed by atoms with Crippen LogP contribution in [0.4, 0.5) is 5.69 Å². The summed E-state index contributed by atoms with van der Waals surface area (Å²) in [5, 5.41) is 1.22. The van der Waals surface area contributed by atoms with Crippen molar-refractivity contribution in [1.29, 1.82) is 0 Å². The first-order valence-electron chi connectivity index (χ1n) is 10.3. The van der Waals surface area contributed by atoms with Crippen LogP contribution in [-0.2, 0) is 17.9 Å². The standard InChI is InChI=1S/C24H29N3O/c1-25(19-21-10-4-6-12-23(21)26-15-7-2-8-16-26)24(28)14-18-27-17-13-20-9-3-5-11-22(20)27/h3-6,9-13,17H,2,7-8,14-16,18-19H2,1H3. The van der Waals surface area contributed by atoms with Crippen LogP contribution in [0.1, 0.15) is 31.2 Å². The van der Waals surface area contributed by atoms with Crippen molar-refractivity contribution in [2.24, 2.45) is 0 Å². The fourth-order valence-electron chi connectivity index (χ4n) is 4.17. The normalized spacial score (nSPS) is 14.4. The summed E-state index contributed by atoms with van der Waals surface area (Å²) in [6.07, 6.45) is 6.43. The third-order valence-corrected chi connectivity index (χ3v) is 5.77. The highest BCUT2D eigenvalue weighted by atomic mass is 16.2. The average molecular weight is 376 g/mol. The SMILES string of the molecule is CN(Cc1ccccc1N1CCCCC1)C(=O)CCn1ccc2ccccc21. The van der Waals surface area contributed by atoms with Crippen molar-refractivity contribution in [2.75, 3.05) is 25.0 Å². The van der Waals surface area contributed by atoms with Crippen molar-refractivity contribution in [3.05, 3.63) is 66.4 Å². The molecule has 0 aliphatic carbocycles. The largest absolute Gasteiger partial charge is 0.371 e. The Kier molecular flexibility index (Phi) is 5.65. The van der Waals surface area contributed by atoms with E-state index in [-0.39, 0.29) is 5.91 Å². The van der Waals surface area contributed by atoms with Gasteiger partial charge < -0.3 is 14.4 Å². The Balaban J connectivity index is 1.39. The summed E-state index contributed by atoms with van der Waals surface area (Å²) in [6, 6.07) is 19.0. The van der Waals surface area contributed by atoms with Gasteiger partial charge in [-0.1, -0.05) is 36.4 Å². The van der Waals surface area contributed by atoms with Crippen LogP contribution in [-0.4, -0.2) is 35.5 Å². The minimum absolute atomic E-state index is 0.186. The van der Waals surface area contributed by atoms with Gasteiger partial charge in [0.1, 0.15) is 0 Å². The lowest BCUT2D eigenvalue weighted by molar-refractivity contribution is -0.130. The molecule has 1 aliphatic heterocycles. The smallest absolute Gasteiger partial charge is 0.224 e. The predicted octanol–water partition coefficient (Wildman–Crippen LogP) is 4.68. The number of benzene rings is 2. The van der Waals surface area contributed by atoms with E-state index in [4.69, 9.17) is 0 Å². The first kappa shape index (κ1) is 18.6. The van der Waals surface area contributed by atoms with Gasteiger partial charge in [-0.25, -0.2) is 0 Å². The van der Waals surface area contributed by atoms with E-state index in [1.54, 1.807) is 0 Å². The number of carbonyl (C=O) groups excluding carboxylic acids is 1. The number of amides is 1. The van der Waals surface area contributed by atoms with Crippen molar-refractivity contribution in [3.8, 4) is 0 Å². The molecule has 0 N–H and O–H groups in total. The molecule has 3 aromatic rings. The van der Waals surface area contributed by atoms with Crippen LogP contribution in [0.2, 0.25) is 0 Å². The van der Waals surface area contributed by atoms with Crippen molar-refractivity contribution in [1.82, 2.24) is 9.47 Å². The molecule has 146 valence electrons. The molecule has 1 saturated heterocycles. The molecule has 0 radical (unpaired) electrons. The fourth-order valence-corrected chi connectivity index (χ4v) is 4.17. The molecule has 0 atom stereocenters. The molecular weight excluding hydrogens is 346 g/mol. The van der Waals surface area contributed by atoms with Crippen LogP contribution in [0.5, 0.6) is 0 Å². The van der Waals surface area contributed by atoms with Crippen LogP contribution in [0, 0.1) is 0 Å². The maximum Gasteiger partial charge on any atom is 0.224 e. The van der Waals surface area contributed by atoms with Gasteiger partial charge in [0.05, 0.1) is 0 Å². The van der Waals surface area contributed by atoms with E-state index in [2.05, 4.69) is 58.1 Å². The monoisotopic (exact) mass is 375 g/mol. The Morgan fingerprint density at radius 2 is 1.71 bits per heavy atom. The van der Waals surface area contributed by atoms with Gasteiger partial charge in [-0.15, -0.1) is 0 Å². The van der Waals surface area contributed by atoms with Crippen LogP contribution in [0.25, 0.3) is 10.9 Å². The zero-order valence-corrected chi connectivity index (χ0v) is 16.7. The highest BCUT2D eigenvalue weighted by Crippen LogP contribution is 2.25. The molecule has 0 unspecified atom stereocenters. The summed E-state index contributed by atoms with van der Waals surface area (Å²) in [6.45, 7) is 3.62. The second-order valence-corrected chi connectivity index (χ2v) is 7.74. The summed E-state index contributed by atoms with van der Waals surface area (Å²) in [4.78, 5) is 17.1. The molecule has 4 nitrogen and oxygen atoms in total. The molecule has 4 rings (SSSR count). The lowest BCUT2D eigenvalue weighted by Crippen LogP contribution is -2.32. The number of nitrogens with zero attached hydrogens (tertiary/aromatic N) is 3. The minimum Gasteiger partial charge on any atom is -0.371 e. The summed E-state index contributed by atoms with van der Waals surface area (Å²) in [5.41, 5.74) is 3.72. The highest BCUT2D eigenvalue weighted by molar-refractivity contribution is 5.80. The van der Waals surface area contributed by atoms with Crippen LogP contribution >= 0.6 is 0 Å². The van der Waals surface area contributed by atoms with Gasteiger partial charge in [-0.05, 0) is 48.4 Å². The molecule has 1 aromatic heterocycles. The first-order chi connectivity index (χ1) is 13.7. The second kappa shape index (κ2) is 8.51. The molecule has 2 heterocycles. The lowest BCUT2D eigenvalue weighted by Gasteiger charge is -2.31. The Hall–Kier alpha value is -2.75. The average Bonchev–Trinajstić information content (AvgIpc) is 3.16. The van der Waals surface area contributed by atoms with Gasteiger partial charge in [0.15, 0.2) is 0 Å². The maximum atomic E-state index is 12.8. The number of hydrogen-bond acceptors (Lipinski definition) is 2. The fraction of sp³-hybridized carbons (Fsp3) is 0.375. The molecule has 0 bridgehead atoms. The Bertz CT molecular complexity index is 940. The summed E-state index contributed by atoms with van der Waals surface area (Å²) in [5.74, 6) is 0.186. The Labute approximate surface area is 167 Å². The lowest BCUT2D eigenvalue weighted by atomic mass is 10.1. The van der Waals surface area contributed by atoms with Gasteiger partial charge in [0.2, 0.25) is 5.91 Å². The summed E-state index contributed by atoms with van der Waals surface area (Å²) in [7, 11) is 1.92. The summed E-state index contributed by atoms with van der Waals surface area (Å²) < 4.78 is 2.17. The molecule has 2 aromatic carbocycles. The third kappa shape index (κ3) is 4.06. The molecule has 4 heteroatoms. The van der Waals surface area contributed by atoms with Crippen LogP contribution in [0.3, 0.4) is 0 Å². The molecule has 28 heavy (non-hydrogen) atoms. The molecule has 1 amide bonds. The number of rotatable bonds is 6. The molecular formula is C24H29N3O. The number of piperidine rings is 1. The number of carbonyl (C=O) groups is 1. The third-order valence-electron chi connectivity index (χ3n) is 5.77. The second-order valence-electron chi connectivity index (χ2n) is 7.74. The molecule has 0 saturated carbocycles. The van der Waals surface area contributed by atoms with E-state index in [1.807, 2.05) is 24.1 Å². The number of aromatic nitrogens is 1. The van der Waals surface area contributed by atoms with Crippen LogP contribution in [0.15, 0.2) is 60.8 Å². The molecule has 0 spiro atoms. The van der Waals surface area contributed by atoms with Gasteiger partial charge in [-0.2, -0.15) is 0 Å². The van der Waals surface area contributed by atoms with Crippen LogP contribution < -0.4 is 4.90 Å². The van der Waals surface area contributed by atoms with Gasteiger partial charge in [0, 0.05) is 57.0 Å². The number of para-hydroxylation sites is 2.